The Morgan fingerprint density at radius 3 is 1.38 bits per heavy atom. The molecule has 26 heavy (non-hydrogen) atoms. The van der Waals surface area contributed by atoms with E-state index in [0.717, 1.165) is 32.6 Å². The van der Waals surface area contributed by atoms with Crippen molar-refractivity contribution < 1.29 is 0 Å². The van der Waals surface area contributed by atoms with Crippen molar-refractivity contribution in [2.75, 3.05) is 0 Å². The monoisotopic (exact) mass is 378 g/mol. The molecular formula is C20H18N4S2. The highest BCUT2D eigenvalue weighted by Crippen LogP contribution is 2.40. The third-order valence-corrected chi connectivity index (χ3v) is 6.54. The van der Waals surface area contributed by atoms with E-state index in [1.165, 1.54) is 0 Å². The first-order valence-corrected chi connectivity index (χ1v) is 10.4. The number of nitrogens with zero attached hydrogens (tertiary/aromatic N) is 4. The minimum Gasteiger partial charge on any atom is -0.240 e. The highest BCUT2D eigenvalue weighted by atomic mass is 33.1. The van der Waals surface area contributed by atoms with Gasteiger partial charge in [-0.05, 0) is 59.7 Å². The van der Waals surface area contributed by atoms with Crippen LogP contribution < -0.4 is 0 Å². The maximum atomic E-state index is 4.63. The molecule has 2 heterocycles. The lowest BCUT2D eigenvalue weighted by molar-refractivity contribution is 0.863. The van der Waals surface area contributed by atoms with E-state index >= 15 is 0 Å². The Morgan fingerprint density at radius 2 is 1.00 bits per heavy atom. The van der Waals surface area contributed by atoms with Gasteiger partial charge >= 0.3 is 0 Å². The number of hydrogen-bond donors (Lipinski definition) is 0. The fourth-order valence-electron chi connectivity index (χ4n) is 2.57. The van der Waals surface area contributed by atoms with Gasteiger partial charge in [-0.3, -0.25) is 0 Å². The fourth-order valence-corrected chi connectivity index (χ4v) is 4.88. The molecule has 0 aliphatic rings. The van der Waals surface area contributed by atoms with Crippen LogP contribution in [0.2, 0.25) is 0 Å². The molecule has 0 aliphatic carbocycles. The summed E-state index contributed by atoms with van der Waals surface area (Å²) in [7, 11) is 3.44. The average Bonchev–Trinajstić information content (AvgIpc) is 3.24. The van der Waals surface area contributed by atoms with Gasteiger partial charge in [-0.25, -0.2) is 9.36 Å². The second-order valence-electron chi connectivity index (χ2n) is 5.88. The van der Waals surface area contributed by atoms with Crippen LogP contribution in [0.25, 0.3) is 11.4 Å². The lowest BCUT2D eigenvalue weighted by Gasteiger charge is -1.99. The maximum absolute atomic E-state index is 4.63. The standard InChI is InChI=1S/C20H18N4S2/c1-15-19(13-23(21-15)17-9-5-3-6-10-17)25-26-20-14-24(22-16(20)2)18-11-7-4-8-12-18/h3-14H,1-2H3. The van der Waals surface area contributed by atoms with Gasteiger partial charge < -0.3 is 0 Å². The van der Waals surface area contributed by atoms with Crippen LogP contribution >= 0.6 is 21.6 Å². The van der Waals surface area contributed by atoms with E-state index in [1.54, 1.807) is 21.6 Å². The third kappa shape index (κ3) is 3.57. The Balaban J connectivity index is 1.51. The van der Waals surface area contributed by atoms with E-state index in [0.29, 0.717) is 0 Å². The Hall–Kier alpha value is -2.44. The van der Waals surface area contributed by atoms with Crippen molar-refractivity contribution in [1.29, 1.82) is 0 Å². The molecule has 0 aliphatic heterocycles. The van der Waals surface area contributed by atoms with Crippen molar-refractivity contribution in [3.05, 3.63) is 84.4 Å². The van der Waals surface area contributed by atoms with Gasteiger partial charge in [0.15, 0.2) is 0 Å². The van der Waals surface area contributed by atoms with Crippen molar-refractivity contribution in [1.82, 2.24) is 19.6 Å². The molecule has 0 bridgehead atoms. The van der Waals surface area contributed by atoms with Gasteiger partial charge in [-0.15, -0.1) is 0 Å². The molecular weight excluding hydrogens is 360 g/mol. The molecule has 0 N–H and O–H groups in total. The van der Waals surface area contributed by atoms with Crippen molar-refractivity contribution in [2.24, 2.45) is 0 Å². The van der Waals surface area contributed by atoms with Crippen molar-refractivity contribution in [3.63, 3.8) is 0 Å². The quantitative estimate of drug-likeness (QED) is 0.431. The predicted octanol–water partition coefficient (Wildman–Crippen LogP) is 5.47. The van der Waals surface area contributed by atoms with E-state index in [2.05, 4.69) is 46.9 Å². The molecule has 130 valence electrons. The highest BCUT2D eigenvalue weighted by Gasteiger charge is 2.11. The van der Waals surface area contributed by atoms with Crippen LogP contribution in [0.5, 0.6) is 0 Å². The van der Waals surface area contributed by atoms with Gasteiger partial charge in [0.1, 0.15) is 0 Å². The highest BCUT2D eigenvalue weighted by molar-refractivity contribution is 8.76. The summed E-state index contributed by atoms with van der Waals surface area (Å²) >= 11 is 0. The SMILES string of the molecule is Cc1nn(-c2ccccc2)cc1SSc1cn(-c2ccccc2)nc1C. The molecule has 6 heteroatoms. The predicted molar refractivity (Wildman–Crippen MR) is 108 cm³/mol. The molecule has 0 atom stereocenters. The van der Waals surface area contributed by atoms with E-state index in [-0.39, 0.29) is 0 Å². The minimum atomic E-state index is 1.03. The summed E-state index contributed by atoms with van der Waals surface area (Å²) in [5.74, 6) is 0. The zero-order valence-corrected chi connectivity index (χ0v) is 16.2. The molecule has 4 nitrogen and oxygen atoms in total. The molecule has 2 aromatic carbocycles. The Morgan fingerprint density at radius 1 is 0.615 bits per heavy atom. The number of aryl methyl sites for hydroxylation is 2. The van der Waals surface area contributed by atoms with E-state index in [1.807, 2.05) is 59.6 Å². The van der Waals surface area contributed by atoms with Crippen LogP contribution in [0.4, 0.5) is 0 Å². The number of rotatable bonds is 5. The zero-order valence-electron chi connectivity index (χ0n) is 14.5. The summed E-state index contributed by atoms with van der Waals surface area (Å²) in [6, 6.07) is 20.3. The largest absolute Gasteiger partial charge is 0.240 e. The minimum absolute atomic E-state index is 1.03. The summed E-state index contributed by atoms with van der Waals surface area (Å²) in [4.78, 5) is 2.32. The van der Waals surface area contributed by atoms with Gasteiger partial charge in [0.2, 0.25) is 0 Å². The lowest BCUT2D eigenvalue weighted by atomic mass is 10.3. The van der Waals surface area contributed by atoms with Gasteiger partial charge in [-0.2, -0.15) is 10.2 Å². The summed E-state index contributed by atoms with van der Waals surface area (Å²) in [5, 5.41) is 9.26. The topological polar surface area (TPSA) is 35.6 Å². The van der Waals surface area contributed by atoms with Crippen LogP contribution in [0.1, 0.15) is 11.4 Å². The van der Waals surface area contributed by atoms with Gasteiger partial charge in [-0.1, -0.05) is 36.4 Å². The van der Waals surface area contributed by atoms with Gasteiger partial charge in [0.05, 0.1) is 32.6 Å². The van der Waals surface area contributed by atoms with E-state index in [4.69, 9.17) is 0 Å². The summed E-state index contributed by atoms with van der Waals surface area (Å²) in [5.41, 5.74) is 4.19. The third-order valence-electron chi connectivity index (χ3n) is 3.97. The molecule has 0 saturated carbocycles. The number of hydrogen-bond acceptors (Lipinski definition) is 4. The van der Waals surface area contributed by atoms with Gasteiger partial charge in [0.25, 0.3) is 0 Å². The average molecular weight is 379 g/mol. The molecule has 0 spiro atoms. The molecule has 4 aromatic rings. The second-order valence-corrected chi connectivity index (χ2v) is 8.10. The Kier molecular flexibility index (Phi) is 4.86. The number of aromatic nitrogens is 4. The first kappa shape index (κ1) is 17.0. The van der Waals surface area contributed by atoms with Crippen LogP contribution in [0, 0.1) is 13.8 Å². The zero-order chi connectivity index (χ0) is 17.9. The molecule has 0 saturated heterocycles. The van der Waals surface area contributed by atoms with Gasteiger partial charge in [0, 0.05) is 12.4 Å². The summed E-state index contributed by atoms with van der Waals surface area (Å²) < 4.78 is 3.86. The first-order valence-electron chi connectivity index (χ1n) is 8.28. The smallest absolute Gasteiger partial charge is 0.0742 e. The molecule has 2 aromatic heterocycles. The number of para-hydroxylation sites is 2. The van der Waals surface area contributed by atoms with Crippen molar-refractivity contribution in [2.45, 2.75) is 23.6 Å². The normalized spacial score (nSPS) is 11.0. The first-order chi connectivity index (χ1) is 12.7. The van der Waals surface area contributed by atoms with Crippen LogP contribution in [-0.4, -0.2) is 19.6 Å². The van der Waals surface area contributed by atoms with Crippen molar-refractivity contribution in [3.8, 4) is 11.4 Å². The van der Waals surface area contributed by atoms with E-state index in [9.17, 15) is 0 Å². The maximum Gasteiger partial charge on any atom is 0.0742 e. The van der Waals surface area contributed by atoms with Crippen molar-refractivity contribution >= 4 is 21.6 Å². The fraction of sp³-hybridized carbons (Fsp3) is 0.100. The van der Waals surface area contributed by atoms with E-state index < -0.39 is 0 Å². The molecule has 0 fully saturated rings. The molecule has 4 rings (SSSR count). The molecule has 0 radical (unpaired) electrons. The molecule has 0 amide bonds. The Labute approximate surface area is 160 Å². The van der Waals surface area contributed by atoms with Crippen LogP contribution in [-0.2, 0) is 0 Å². The lowest BCUT2D eigenvalue weighted by Crippen LogP contribution is -1.93. The van der Waals surface area contributed by atoms with Crippen LogP contribution in [0.15, 0.2) is 82.8 Å². The van der Waals surface area contributed by atoms with Crippen LogP contribution in [0.3, 0.4) is 0 Å². The Bertz CT molecular complexity index is 923. The number of benzene rings is 2. The second kappa shape index (κ2) is 7.43. The molecule has 0 unspecified atom stereocenters. The summed E-state index contributed by atoms with van der Waals surface area (Å²) in [6.07, 6.45) is 4.17. The summed E-state index contributed by atoms with van der Waals surface area (Å²) in [6.45, 7) is 4.09.